The van der Waals surface area contributed by atoms with Gasteiger partial charge in [-0.25, -0.2) is 0 Å². The van der Waals surface area contributed by atoms with E-state index < -0.39 is 5.60 Å². The highest BCUT2D eigenvalue weighted by molar-refractivity contribution is 4.85. The Morgan fingerprint density at radius 2 is 2.14 bits per heavy atom. The van der Waals surface area contributed by atoms with Crippen LogP contribution in [0.4, 0.5) is 0 Å². The van der Waals surface area contributed by atoms with Crippen LogP contribution in [0.5, 0.6) is 0 Å². The van der Waals surface area contributed by atoms with E-state index in [0.29, 0.717) is 6.54 Å². The SMILES string of the molecule is CCCC(C)(O)CNC1CCCC1O. The van der Waals surface area contributed by atoms with Crippen molar-refractivity contribution < 1.29 is 10.2 Å². The van der Waals surface area contributed by atoms with Gasteiger partial charge in [0.15, 0.2) is 0 Å². The summed E-state index contributed by atoms with van der Waals surface area (Å²) < 4.78 is 0. The summed E-state index contributed by atoms with van der Waals surface area (Å²) in [7, 11) is 0. The molecule has 0 aliphatic heterocycles. The molecule has 0 amide bonds. The Labute approximate surface area is 86.5 Å². The summed E-state index contributed by atoms with van der Waals surface area (Å²) in [5.41, 5.74) is -0.628. The number of rotatable bonds is 5. The molecular formula is C11H23NO2. The van der Waals surface area contributed by atoms with E-state index in [2.05, 4.69) is 12.2 Å². The van der Waals surface area contributed by atoms with Gasteiger partial charge in [-0.05, 0) is 32.6 Å². The summed E-state index contributed by atoms with van der Waals surface area (Å²) in [6, 6.07) is 0.193. The second kappa shape index (κ2) is 5.10. The van der Waals surface area contributed by atoms with Gasteiger partial charge in [-0.15, -0.1) is 0 Å². The lowest BCUT2D eigenvalue weighted by molar-refractivity contribution is 0.0408. The smallest absolute Gasteiger partial charge is 0.0743 e. The zero-order valence-corrected chi connectivity index (χ0v) is 9.29. The molecule has 0 radical (unpaired) electrons. The lowest BCUT2D eigenvalue weighted by Crippen LogP contribution is -2.45. The molecule has 84 valence electrons. The summed E-state index contributed by atoms with van der Waals surface area (Å²) in [5.74, 6) is 0. The highest BCUT2D eigenvalue weighted by Gasteiger charge is 2.27. The summed E-state index contributed by atoms with van der Waals surface area (Å²) in [5, 5.41) is 22.7. The van der Waals surface area contributed by atoms with Crippen LogP contribution in [0, 0.1) is 0 Å². The van der Waals surface area contributed by atoms with E-state index in [1.54, 1.807) is 0 Å². The van der Waals surface area contributed by atoms with Gasteiger partial charge >= 0.3 is 0 Å². The topological polar surface area (TPSA) is 52.5 Å². The zero-order valence-electron chi connectivity index (χ0n) is 9.29. The molecule has 0 spiro atoms. The normalized spacial score (nSPS) is 31.7. The summed E-state index contributed by atoms with van der Waals surface area (Å²) in [6.45, 7) is 4.51. The van der Waals surface area contributed by atoms with E-state index in [9.17, 15) is 10.2 Å². The number of aliphatic hydroxyl groups is 2. The number of hydrogen-bond donors (Lipinski definition) is 3. The third kappa shape index (κ3) is 3.56. The van der Waals surface area contributed by atoms with Crippen LogP contribution in [-0.4, -0.2) is 34.5 Å². The first-order valence-corrected chi connectivity index (χ1v) is 5.69. The first-order chi connectivity index (χ1) is 6.55. The molecule has 1 aliphatic carbocycles. The van der Waals surface area contributed by atoms with Gasteiger partial charge in [0.25, 0.3) is 0 Å². The molecule has 0 aromatic carbocycles. The molecular weight excluding hydrogens is 178 g/mol. The molecule has 3 N–H and O–H groups in total. The summed E-state index contributed by atoms with van der Waals surface area (Å²) >= 11 is 0. The van der Waals surface area contributed by atoms with Crippen LogP contribution in [0.25, 0.3) is 0 Å². The number of hydrogen-bond acceptors (Lipinski definition) is 3. The lowest BCUT2D eigenvalue weighted by Gasteiger charge is -2.26. The fourth-order valence-electron chi connectivity index (χ4n) is 2.16. The van der Waals surface area contributed by atoms with Crippen molar-refractivity contribution in [3.63, 3.8) is 0 Å². The minimum Gasteiger partial charge on any atom is -0.392 e. The fraction of sp³-hybridized carbons (Fsp3) is 1.00. The standard InChI is InChI=1S/C11H23NO2/c1-3-7-11(2,14)8-12-9-5-4-6-10(9)13/h9-10,12-14H,3-8H2,1-2H3. The predicted molar refractivity (Wildman–Crippen MR) is 57.2 cm³/mol. The summed E-state index contributed by atoms with van der Waals surface area (Å²) in [6.07, 6.45) is 4.60. The van der Waals surface area contributed by atoms with Crippen molar-refractivity contribution in [1.82, 2.24) is 5.32 Å². The fourth-order valence-corrected chi connectivity index (χ4v) is 2.16. The molecule has 1 fully saturated rings. The van der Waals surface area contributed by atoms with E-state index in [-0.39, 0.29) is 12.1 Å². The van der Waals surface area contributed by atoms with Crippen molar-refractivity contribution in [2.45, 2.75) is 63.7 Å². The van der Waals surface area contributed by atoms with Crippen LogP contribution < -0.4 is 5.32 Å². The Balaban J connectivity index is 2.25. The molecule has 14 heavy (non-hydrogen) atoms. The predicted octanol–water partition coefficient (Wildman–Crippen LogP) is 1.04. The second-order valence-electron chi connectivity index (χ2n) is 4.73. The van der Waals surface area contributed by atoms with Crippen molar-refractivity contribution in [2.75, 3.05) is 6.54 Å². The Morgan fingerprint density at radius 3 is 2.64 bits per heavy atom. The molecule has 3 atom stereocenters. The maximum absolute atomic E-state index is 9.92. The molecule has 0 saturated heterocycles. The average molecular weight is 201 g/mol. The largest absolute Gasteiger partial charge is 0.392 e. The number of nitrogens with one attached hydrogen (secondary N) is 1. The third-order valence-corrected chi connectivity index (χ3v) is 3.01. The van der Waals surface area contributed by atoms with Crippen LogP contribution >= 0.6 is 0 Å². The molecule has 1 saturated carbocycles. The van der Waals surface area contributed by atoms with Crippen LogP contribution in [0.2, 0.25) is 0 Å². The van der Waals surface area contributed by atoms with Gasteiger partial charge in [0.05, 0.1) is 11.7 Å². The van der Waals surface area contributed by atoms with Crippen molar-refractivity contribution >= 4 is 0 Å². The molecule has 0 aromatic rings. The van der Waals surface area contributed by atoms with Crippen LogP contribution in [0.3, 0.4) is 0 Å². The molecule has 1 rings (SSSR count). The molecule has 3 unspecified atom stereocenters. The maximum Gasteiger partial charge on any atom is 0.0743 e. The van der Waals surface area contributed by atoms with E-state index in [1.807, 2.05) is 6.92 Å². The first-order valence-electron chi connectivity index (χ1n) is 5.69. The Kier molecular flexibility index (Phi) is 4.35. The van der Waals surface area contributed by atoms with E-state index in [0.717, 1.165) is 32.1 Å². The Morgan fingerprint density at radius 1 is 1.43 bits per heavy atom. The molecule has 0 bridgehead atoms. The van der Waals surface area contributed by atoms with Gasteiger partial charge in [-0.3, -0.25) is 0 Å². The van der Waals surface area contributed by atoms with Gasteiger partial charge in [-0.1, -0.05) is 13.3 Å². The minimum atomic E-state index is -0.628. The monoisotopic (exact) mass is 201 g/mol. The van der Waals surface area contributed by atoms with Crippen molar-refractivity contribution in [2.24, 2.45) is 0 Å². The third-order valence-electron chi connectivity index (χ3n) is 3.01. The van der Waals surface area contributed by atoms with Crippen molar-refractivity contribution in [1.29, 1.82) is 0 Å². The Hall–Kier alpha value is -0.120. The van der Waals surface area contributed by atoms with Crippen LogP contribution in [-0.2, 0) is 0 Å². The first kappa shape index (κ1) is 12.0. The molecule has 3 heteroatoms. The maximum atomic E-state index is 9.92. The van der Waals surface area contributed by atoms with Crippen LogP contribution in [0.1, 0.15) is 46.0 Å². The molecule has 0 heterocycles. The van der Waals surface area contributed by atoms with E-state index in [4.69, 9.17) is 0 Å². The van der Waals surface area contributed by atoms with E-state index in [1.165, 1.54) is 0 Å². The quantitative estimate of drug-likeness (QED) is 0.623. The average Bonchev–Trinajstić information content (AvgIpc) is 2.48. The van der Waals surface area contributed by atoms with Gasteiger partial charge in [0.2, 0.25) is 0 Å². The molecule has 1 aliphatic rings. The minimum absolute atomic E-state index is 0.193. The van der Waals surface area contributed by atoms with E-state index >= 15 is 0 Å². The van der Waals surface area contributed by atoms with Gasteiger partial charge < -0.3 is 15.5 Å². The van der Waals surface area contributed by atoms with Crippen LogP contribution in [0.15, 0.2) is 0 Å². The van der Waals surface area contributed by atoms with Gasteiger partial charge in [0, 0.05) is 12.6 Å². The highest BCUT2D eigenvalue weighted by Crippen LogP contribution is 2.20. The van der Waals surface area contributed by atoms with Crippen molar-refractivity contribution in [3.8, 4) is 0 Å². The molecule has 0 aromatic heterocycles. The van der Waals surface area contributed by atoms with Crippen molar-refractivity contribution in [3.05, 3.63) is 0 Å². The zero-order chi connectivity index (χ0) is 10.6. The second-order valence-corrected chi connectivity index (χ2v) is 4.73. The van der Waals surface area contributed by atoms with Gasteiger partial charge in [0.1, 0.15) is 0 Å². The van der Waals surface area contributed by atoms with Gasteiger partial charge in [-0.2, -0.15) is 0 Å². The summed E-state index contributed by atoms with van der Waals surface area (Å²) in [4.78, 5) is 0. The Bertz CT molecular complexity index is 171. The molecule has 3 nitrogen and oxygen atoms in total. The lowest BCUT2D eigenvalue weighted by atomic mass is 10.00. The highest BCUT2D eigenvalue weighted by atomic mass is 16.3. The number of aliphatic hydroxyl groups excluding tert-OH is 1.